The maximum Gasteiger partial charge on any atom is 0.224 e. The molecule has 1 aliphatic rings. The normalized spacial score (nSPS) is 17.2. The second-order valence-corrected chi connectivity index (χ2v) is 8.20. The lowest BCUT2D eigenvalue weighted by Gasteiger charge is -2.32. The lowest BCUT2D eigenvalue weighted by atomic mass is 9.93. The second kappa shape index (κ2) is 9.45. The highest BCUT2D eigenvalue weighted by Gasteiger charge is 2.21. The van der Waals surface area contributed by atoms with Gasteiger partial charge in [-0.25, -0.2) is 4.63 Å². The van der Waals surface area contributed by atoms with E-state index >= 15 is 0 Å². The molecule has 0 unspecified atom stereocenters. The molecule has 8 heteroatoms. The molecule has 1 saturated heterocycles. The fourth-order valence-electron chi connectivity index (χ4n) is 4.04. The van der Waals surface area contributed by atoms with Crippen molar-refractivity contribution >= 4 is 34.2 Å². The fraction of sp³-hybridized carbons (Fsp3) is 0.409. The highest BCUT2D eigenvalue weighted by molar-refractivity contribution is 6.31. The number of ether oxygens (including phenoxy) is 1. The van der Waals surface area contributed by atoms with Crippen molar-refractivity contribution in [2.45, 2.75) is 32.2 Å². The average molecular weight is 429 g/mol. The van der Waals surface area contributed by atoms with E-state index in [1.165, 1.54) is 5.56 Å². The third kappa shape index (κ3) is 5.09. The summed E-state index contributed by atoms with van der Waals surface area (Å²) in [7, 11) is 1.58. The number of likely N-dealkylation sites (tertiary alicyclic amines) is 1. The van der Waals surface area contributed by atoms with E-state index in [0.717, 1.165) is 49.9 Å². The number of methoxy groups -OCH3 is 1. The smallest absolute Gasteiger partial charge is 0.224 e. The van der Waals surface area contributed by atoms with Crippen LogP contribution in [0.5, 0.6) is 5.75 Å². The molecule has 30 heavy (non-hydrogen) atoms. The molecule has 0 saturated carbocycles. The van der Waals surface area contributed by atoms with Crippen molar-refractivity contribution in [1.82, 2.24) is 15.2 Å². The zero-order valence-electron chi connectivity index (χ0n) is 16.9. The largest absolute Gasteiger partial charge is 0.495 e. The van der Waals surface area contributed by atoms with Crippen LogP contribution in [0.2, 0.25) is 5.02 Å². The highest BCUT2D eigenvalue weighted by atomic mass is 35.5. The van der Waals surface area contributed by atoms with Gasteiger partial charge in [0.15, 0.2) is 0 Å². The van der Waals surface area contributed by atoms with Crippen molar-refractivity contribution in [1.29, 1.82) is 0 Å². The number of piperidine rings is 1. The molecule has 2 heterocycles. The third-order valence-corrected chi connectivity index (χ3v) is 5.78. The number of hydrogen-bond acceptors (Lipinski definition) is 6. The Morgan fingerprint density at radius 1 is 1.27 bits per heavy atom. The van der Waals surface area contributed by atoms with Crippen molar-refractivity contribution < 1.29 is 14.2 Å². The van der Waals surface area contributed by atoms with Gasteiger partial charge < -0.3 is 10.1 Å². The maximum atomic E-state index is 12.5. The van der Waals surface area contributed by atoms with Crippen LogP contribution in [0, 0.1) is 5.92 Å². The standard InChI is InChI=1S/C22H25ClN4O3/c1-29-21-8-6-17(23)12-20(21)24-22(28)9-5-15-3-2-10-27(13-15)14-16-4-7-18-19(11-16)26-30-25-18/h4,6-8,11-12,15H,2-3,5,9-10,13-14H2,1H3,(H,24,28)/t15-/m1/s1. The lowest BCUT2D eigenvalue weighted by molar-refractivity contribution is -0.116. The van der Waals surface area contributed by atoms with Gasteiger partial charge in [-0.15, -0.1) is 0 Å². The number of rotatable bonds is 7. The quantitative estimate of drug-likeness (QED) is 0.596. The van der Waals surface area contributed by atoms with Crippen LogP contribution in [0.4, 0.5) is 5.69 Å². The third-order valence-electron chi connectivity index (χ3n) is 5.54. The number of nitrogens with zero attached hydrogens (tertiary/aromatic N) is 3. The van der Waals surface area contributed by atoms with Crippen molar-refractivity contribution in [2.75, 3.05) is 25.5 Å². The number of anilines is 1. The number of hydrogen-bond donors (Lipinski definition) is 1. The number of carbonyl (C=O) groups is 1. The van der Waals surface area contributed by atoms with Gasteiger partial charge in [0.1, 0.15) is 16.8 Å². The van der Waals surface area contributed by atoms with Gasteiger partial charge in [-0.2, -0.15) is 0 Å². The van der Waals surface area contributed by atoms with Crippen LogP contribution in [0.15, 0.2) is 41.0 Å². The molecule has 1 aliphatic heterocycles. The number of fused-ring (bicyclic) bond motifs is 1. The Labute approximate surface area is 180 Å². The minimum absolute atomic E-state index is 0.0170. The summed E-state index contributed by atoms with van der Waals surface area (Å²) in [6.45, 7) is 2.92. The predicted molar refractivity (Wildman–Crippen MR) is 116 cm³/mol. The Balaban J connectivity index is 1.28. The molecular formula is C22H25ClN4O3. The Hall–Kier alpha value is -2.64. The number of nitrogens with one attached hydrogen (secondary N) is 1. The van der Waals surface area contributed by atoms with E-state index in [1.807, 2.05) is 12.1 Å². The van der Waals surface area contributed by atoms with Gasteiger partial charge in [0.2, 0.25) is 5.91 Å². The van der Waals surface area contributed by atoms with Gasteiger partial charge in [-0.3, -0.25) is 9.69 Å². The Kier molecular flexibility index (Phi) is 6.50. The first-order valence-corrected chi connectivity index (χ1v) is 10.6. The Morgan fingerprint density at radius 2 is 2.13 bits per heavy atom. The zero-order chi connectivity index (χ0) is 20.9. The summed E-state index contributed by atoms with van der Waals surface area (Å²) in [6.07, 6.45) is 3.63. The summed E-state index contributed by atoms with van der Waals surface area (Å²) >= 11 is 6.04. The van der Waals surface area contributed by atoms with E-state index in [9.17, 15) is 4.79 Å². The molecule has 1 N–H and O–H groups in total. The van der Waals surface area contributed by atoms with Gasteiger partial charge >= 0.3 is 0 Å². The summed E-state index contributed by atoms with van der Waals surface area (Å²) in [4.78, 5) is 14.9. The van der Waals surface area contributed by atoms with Crippen LogP contribution in [0.3, 0.4) is 0 Å². The van der Waals surface area contributed by atoms with Crippen molar-refractivity contribution in [3.63, 3.8) is 0 Å². The van der Waals surface area contributed by atoms with E-state index in [1.54, 1.807) is 25.3 Å². The van der Waals surface area contributed by atoms with Crippen LogP contribution in [0.25, 0.3) is 11.0 Å². The second-order valence-electron chi connectivity index (χ2n) is 7.76. The molecule has 4 rings (SSSR count). The number of amides is 1. The van der Waals surface area contributed by atoms with E-state index in [2.05, 4.69) is 26.6 Å². The minimum atomic E-state index is -0.0170. The number of aromatic nitrogens is 2. The maximum absolute atomic E-state index is 12.5. The number of halogens is 1. The molecule has 0 aliphatic carbocycles. The van der Waals surface area contributed by atoms with Crippen molar-refractivity contribution in [3.8, 4) is 5.75 Å². The summed E-state index contributed by atoms with van der Waals surface area (Å²) in [5.41, 5.74) is 3.37. The van der Waals surface area contributed by atoms with Gasteiger partial charge in [0, 0.05) is 24.5 Å². The molecule has 1 amide bonds. The number of benzene rings is 2. The summed E-state index contributed by atoms with van der Waals surface area (Å²) in [5, 5.41) is 11.3. The van der Waals surface area contributed by atoms with Crippen LogP contribution in [0.1, 0.15) is 31.2 Å². The molecule has 1 fully saturated rings. The highest BCUT2D eigenvalue weighted by Crippen LogP contribution is 2.28. The Bertz CT molecular complexity index is 1020. The van der Waals surface area contributed by atoms with Crippen LogP contribution < -0.4 is 10.1 Å². The first-order chi connectivity index (χ1) is 14.6. The molecule has 1 aromatic heterocycles. The lowest BCUT2D eigenvalue weighted by Crippen LogP contribution is -2.35. The first kappa shape index (κ1) is 20.6. The fourth-order valence-corrected chi connectivity index (χ4v) is 4.21. The van der Waals surface area contributed by atoms with Crippen LogP contribution in [-0.2, 0) is 11.3 Å². The molecule has 7 nitrogen and oxygen atoms in total. The predicted octanol–water partition coefficient (Wildman–Crippen LogP) is 4.52. The average Bonchev–Trinajstić information content (AvgIpc) is 3.21. The summed E-state index contributed by atoms with van der Waals surface area (Å²) in [6, 6.07) is 11.2. The SMILES string of the molecule is COc1ccc(Cl)cc1NC(=O)CC[C@H]1CCCN(Cc2ccc3nonc3c2)C1. The minimum Gasteiger partial charge on any atom is -0.495 e. The summed E-state index contributed by atoms with van der Waals surface area (Å²) < 4.78 is 10.1. The van der Waals surface area contributed by atoms with Crippen molar-refractivity contribution in [3.05, 3.63) is 47.0 Å². The monoisotopic (exact) mass is 428 g/mol. The molecular weight excluding hydrogens is 404 g/mol. The first-order valence-electron chi connectivity index (χ1n) is 10.2. The molecule has 1 atom stereocenters. The van der Waals surface area contributed by atoms with Crippen molar-refractivity contribution in [2.24, 2.45) is 5.92 Å². The van der Waals surface area contributed by atoms with Gasteiger partial charge in [0.05, 0.1) is 12.8 Å². The molecule has 2 aromatic carbocycles. The van der Waals surface area contributed by atoms with Gasteiger partial charge in [-0.05, 0) is 77.9 Å². The van der Waals surface area contributed by atoms with E-state index in [-0.39, 0.29) is 5.91 Å². The van der Waals surface area contributed by atoms with Gasteiger partial charge in [-0.1, -0.05) is 17.7 Å². The summed E-state index contributed by atoms with van der Waals surface area (Å²) in [5.74, 6) is 1.09. The van der Waals surface area contributed by atoms with Crippen LogP contribution >= 0.6 is 11.6 Å². The van der Waals surface area contributed by atoms with Gasteiger partial charge in [0.25, 0.3) is 0 Å². The topological polar surface area (TPSA) is 80.5 Å². The molecule has 0 radical (unpaired) electrons. The van der Waals surface area contributed by atoms with E-state index < -0.39 is 0 Å². The van der Waals surface area contributed by atoms with E-state index in [0.29, 0.717) is 28.8 Å². The number of carbonyl (C=O) groups excluding carboxylic acids is 1. The van der Waals surface area contributed by atoms with E-state index in [4.69, 9.17) is 21.0 Å². The van der Waals surface area contributed by atoms with Crippen LogP contribution in [-0.4, -0.2) is 41.3 Å². The molecule has 0 bridgehead atoms. The molecule has 3 aromatic rings. The zero-order valence-corrected chi connectivity index (χ0v) is 17.7. The molecule has 0 spiro atoms. The Morgan fingerprint density at radius 3 is 3.00 bits per heavy atom. The molecule has 158 valence electrons.